The van der Waals surface area contributed by atoms with E-state index in [9.17, 15) is 14.4 Å². The summed E-state index contributed by atoms with van der Waals surface area (Å²) < 4.78 is 7.41. The predicted molar refractivity (Wildman–Crippen MR) is 116 cm³/mol. The van der Waals surface area contributed by atoms with Crippen LogP contribution in [0.5, 0.6) is 0 Å². The molecule has 7 nitrogen and oxygen atoms in total. The van der Waals surface area contributed by atoms with Crippen LogP contribution in [-0.2, 0) is 6.54 Å². The maximum Gasteiger partial charge on any atom is 0.349 e. The van der Waals surface area contributed by atoms with Gasteiger partial charge < -0.3 is 9.73 Å². The van der Waals surface area contributed by atoms with E-state index >= 15 is 0 Å². The van der Waals surface area contributed by atoms with Crippen molar-refractivity contribution in [1.29, 1.82) is 0 Å². The normalized spacial score (nSPS) is 10.8. The first-order chi connectivity index (χ1) is 14.5. The molecule has 0 bridgehead atoms. The SMILES string of the molecule is O=C(NCCn1cnc(-c2ccccc2)cc1=O)c1cc2cc(Br)ccc2oc1=O. The minimum absolute atomic E-state index is 0.0921. The number of halogens is 1. The van der Waals surface area contributed by atoms with Gasteiger partial charge in [-0.1, -0.05) is 46.3 Å². The van der Waals surface area contributed by atoms with E-state index in [0.717, 1.165) is 10.0 Å². The van der Waals surface area contributed by atoms with Crippen LogP contribution in [0.2, 0.25) is 0 Å². The van der Waals surface area contributed by atoms with Crippen molar-refractivity contribution in [1.82, 2.24) is 14.9 Å². The maximum absolute atomic E-state index is 12.4. The lowest BCUT2D eigenvalue weighted by atomic mass is 10.1. The van der Waals surface area contributed by atoms with Gasteiger partial charge in [-0.05, 0) is 24.3 Å². The second-order valence-electron chi connectivity index (χ2n) is 6.56. The topological polar surface area (TPSA) is 94.2 Å². The lowest BCUT2D eigenvalue weighted by Gasteiger charge is -2.08. The highest BCUT2D eigenvalue weighted by atomic mass is 79.9. The Balaban J connectivity index is 1.45. The number of nitrogens with one attached hydrogen (secondary N) is 1. The molecule has 2 aromatic heterocycles. The van der Waals surface area contributed by atoms with Crippen molar-refractivity contribution in [3.8, 4) is 11.3 Å². The summed E-state index contributed by atoms with van der Waals surface area (Å²) in [5, 5.41) is 3.27. The van der Waals surface area contributed by atoms with Crippen LogP contribution in [0.25, 0.3) is 22.2 Å². The Hall–Kier alpha value is -3.52. The van der Waals surface area contributed by atoms with E-state index in [1.807, 2.05) is 30.3 Å². The minimum Gasteiger partial charge on any atom is -0.422 e. The second kappa shape index (κ2) is 8.46. The summed E-state index contributed by atoms with van der Waals surface area (Å²) in [6, 6.07) is 17.5. The molecular weight excluding hydrogens is 450 g/mol. The summed E-state index contributed by atoms with van der Waals surface area (Å²) in [5.41, 5.74) is 0.799. The molecule has 1 N–H and O–H groups in total. The van der Waals surface area contributed by atoms with E-state index in [2.05, 4.69) is 26.2 Å². The number of aromatic nitrogens is 2. The molecule has 2 aromatic carbocycles. The average molecular weight is 466 g/mol. The molecule has 150 valence electrons. The Morgan fingerprint density at radius 1 is 1.07 bits per heavy atom. The van der Waals surface area contributed by atoms with Gasteiger partial charge in [-0.15, -0.1) is 0 Å². The Morgan fingerprint density at radius 2 is 1.87 bits per heavy atom. The molecule has 8 heteroatoms. The molecule has 0 aliphatic rings. The summed E-state index contributed by atoms with van der Waals surface area (Å²) >= 11 is 3.35. The van der Waals surface area contributed by atoms with E-state index in [-0.39, 0.29) is 24.2 Å². The number of carbonyl (C=O) groups is 1. The van der Waals surface area contributed by atoms with Crippen LogP contribution in [0.3, 0.4) is 0 Å². The Labute approximate surface area is 179 Å². The first-order valence-electron chi connectivity index (χ1n) is 9.15. The maximum atomic E-state index is 12.4. The fourth-order valence-corrected chi connectivity index (χ4v) is 3.38. The number of nitrogens with zero attached hydrogens (tertiary/aromatic N) is 2. The Kier molecular flexibility index (Phi) is 5.58. The van der Waals surface area contributed by atoms with Crippen LogP contribution in [-0.4, -0.2) is 22.0 Å². The van der Waals surface area contributed by atoms with Gasteiger partial charge in [0.25, 0.3) is 11.5 Å². The molecule has 0 unspecified atom stereocenters. The van der Waals surface area contributed by atoms with Crippen molar-refractivity contribution >= 4 is 32.8 Å². The standard InChI is InChI=1S/C22H16BrN3O4/c23-16-6-7-19-15(10-16)11-17(22(29)30-19)21(28)24-8-9-26-13-25-18(12-20(26)27)14-4-2-1-3-5-14/h1-7,10-13H,8-9H2,(H,24,28). The molecule has 0 aliphatic heterocycles. The van der Waals surface area contributed by atoms with Crippen molar-refractivity contribution < 1.29 is 9.21 Å². The van der Waals surface area contributed by atoms with Gasteiger partial charge in [0.15, 0.2) is 0 Å². The summed E-state index contributed by atoms with van der Waals surface area (Å²) in [6.45, 7) is 0.373. The minimum atomic E-state index is -0.714. The lowest BCUT2D eigenvalue weighted by molar-refractivity contribution is 0.0948. The zero-order chi connectivity index (χ0) is 21.1. The number of benzene rings is 2. The van der Waals surface area contributed by atoms with E-state index in [4.69, 9.17) is 4.42 Å². The molecule has 0 spiro atoms. The largest absolute Gasteiger partial charge is 0.422 e. The van der Waals surface area contributed by atoms with Crippen LogP contribution in [0, 0.1) is 0 Å². The smallest absolute Gasteiger partial charge is 0.349 e. The Morgan fingerprint density at radius 3 is 2.63 bits per heavy atom. The van der Waals surface area contributed by atoms with Crippen LogP contribution in [0.4, 0.5) is 0 Å². The fraction of sp³-hybridized carbons (Fsp3) is 0.0909. The van der Waals surface area contributed by atoms with Crippen molar-refractivity contribution in [3.63, 3.8) is 0 Å². The monoisotopic (exact) mass is 465 g/mol. The molecule has 0 atom stereocenters. The van der Waals surface area contributed by atoms with Gasteiger partial charge in [0.1, 0.15) is 11.1 Å². The highest BCUT2D eigenvalue weighted by Crippen LogP contribution is 2.19. The first kappa shape index (κ1) is 19.8. The highest BCUT2D eigenvalue weighted by molar-refractivity contribution is 9.10. The van der Waals surface area contributed by atoms with Crippen molar-refractivity contribution in [2.24, 2.45) is 0 Å². The number of fused-ring (bicyclic) bond motifs is 1. The molecule has 0 aliphatic carbocycles. The third-order valence-electron chi connectivity index (χ3n) is 4.53. The number of carbonyl (C=O) groups excluding carboxylic acids is 1. The van der Waals surface area contributed by atoms with Crippen LogP contribution < -0.4 is 16.5 Å². The van der Waals surface area contributed by atoms with Crippen molar-refractivity contribution in [2.75, 3.05) is 6.54 Å². The third-order valence-corrected chi connectivity index (χ3v) is 5.02. The highest BCUT2D eigenvalue weighted by Gasteiger charge is 2.13. The molecule has 30 heavy (non-hydrogen) atoms. The Bertz CT molecular complexity index is 1350. The van der Waals surface area contributed by atoms with E-state index in [1.165, 1.54) is 23.0 Å². The zero-order valence-electron chi connectivity index (χ0n) is 15.7. The molecule has 0 saturated carbocycles. The van der Waals surface area contributed by atoms with Crippen LogP contribution >= 0.6 is 15.9 Å². The number of amides is 1. The van der Waals surface area contributed by atoms with Gasteiger partial charge in [-0.3, -0.25) is 14.2 Å². The van der Waals surface area contributed by atoms with Gasteiger partial charge in [0, 0.05) is 34.6 Å². The quantitative estimate of drug-likeness (QED) is 0.456. The molecule has 0 fully saturated rings. The van der Waals surface area contributed by atoms with Gasteiger partial charge in [0.05, 0.1) is 12.0 Å². The first-order valence-corrected chi connectivity index (χ1v) is 9.94. The van der Waals surface area contributed by atoms with Crippen molar-refractivity contribution in [2.45, 2.75) is 6.54 Å². The predicted octanol–water partition coefficient (Wildman–Crippen LogP) is 3.21. The van der Waals surface area contributed by atoms with Crippen molar-refractivity contribution in [3.05, 3.63) is 97.8 Å². The van der Waals surface area contributed by atoms with E-state index in [0.29, 0.717) is 16.7 Å². The summed E-state index contributed by atoms with van der Waals surface area (Å²) in [5.74, 6) is -0.562. The van der Waals surface area contributed by atoms with Gasteiger partial charge in [0.2, 0.25) is 0 Å². The second-order valence-corrected chi connectivity index (χ2v) is 7.47. The molecule has 0 saturated heterocycles. The average Bonchev–Trinajstić information content (AvgIpc) is 2.75. The molecule has 0 radical (unpaired) electrons. The molecule has 4 rings (SSSR count). The molecule has 4 aromatic rings. The summed E-state index contributed by atoms with van der Waals surface area (Å²) in [6.07, 6.45) is 1.44. The molecule has 2 heterocycles. The van der Waals surface area contributed by atoms with Crippen LogP contribution in [0.15, 0.2) is 85.5 Å². The number of hydrogen-bond donors (Lipinski definition) is 1. The lowest BCUT2D eigenvalue weighted by Crippen LogP contribution is -2.33. The van der Waals surface area contributed by atoms with Crippen LogP contribution in [0.1, 0.15) is 10.4 Å². The summed E-state index contributed by atoms with van der Waals surface area (Å²) in [4.78, 5) is 41.2. The number of hydrogen-bond acceptors (Lipinski definition) is 5. The van der Waals surface area contributed by atoms with Gasteiger partial charge >= 0.3 is 5.63 Å². The van der Waals surface area contributed by atoms with E-state index in [1.54, 1.807) is 18.2 Å². The number of rotatable bonds is 5. The summed E-state index contributed by atoms with van der Waals surface area (Å²) in [7, 11) is 0. The van der Waals surface area contributed by atoms with Gasteiger partial charge in [-0.25, -0.2) is 9.78 Å². The van der Waals surface area contributed by atoms with E-state index < -0.39 is 11.5 Å². The fourth-order valence-electron chi connectivity index (χ4n) is 3.00. The molecular formula is C22H16BrN3O4. The third kappa shape index (κ3) is 4.23. The zero-order valence-corrected chi connectivity index (χ0v) is 17.3. The molecule has 1 amide bonds. The van der Waals surface area contributed by atoms with Gasteiger partial charge in [-0.2, -0.15) is 0 Å².